The van der Waals surface area contributed by atoms with Crippen LogP contribution in [-0.4, -0.2) is 26.8 Å². The molecule has 0 fully saturated rings. The van der Waals surface area contributed by atoms with Gasteiger partial charge in [-0.05, 0) is 11.6 Å². The number of aromatic nitrogens is 3. The smallest absolute Gasteiger partial charge is 0.242 e. The largest absolute Gasteiger partial charge is 0.350 e. The van der Waals surface area contributed by atoms with Crippen molar-refractivity contribution in [3.8, 4) is 0 Å². The van der Waals surface area contributed by atoms with E-state index < -0.39 is 0 Å². The highest BCUT2D eigenvalue weighted by Crippen LogP contribution is 2.14. The van der Waals surface area contributed by atoms with Gasteiger partial charge in [0.15, 0.2) is 5.82 Å². The van der Waals surface area contributed by atoms with Crippen LogP contribution < -0.4 is 10.6 Å². The van der Waals surface area contributed by atoms with Crippen molar-refractivity contribution in [1.29, 1.82) is 0 Å². The lowest BCUT2D eigenvalue weighted by atomic mass is 10.2. The topological polar surface area (TPSA) is 88.9 Å². The first-order valence-corrected chi connectivity index (χ1v) is 7.16. The fraction of sp³-hybridized carbons (Fsp3) is 0.286. The van der Waals surface area contributed by atoms with E-state index in [0.29, 0.717) is 23.8 Å². The van der Waals surface area contributed by atoms with E-state index in [1.807, 2.05) is 18.2 Å². The lowest BCUT2D eigenvalue weighted by Crippen LogP contribution is -2.27. The minimum Gasteiger partial charge on any atom is -0.350 e. The second-order valence-corrected chi connectivity index (χ2v) is 4.98. The molecular weight excluding hydrogens is 306 g/mol. The van der Waals surface area contributed by atoms with Crippen molar-refractivity contribution in [2.75, 3.05) is 5.32 Å². The summed E-state index contributed by atoms with van der Waals surface area (Å²) in [6.07, 6.45) is 1.85. The molecule has 1 aromatic heterocycles. The number of nitrogens with zero attached hydrogens (tertiary/aromatic N) is 3. The van der Waals surface area contributed by atoms with Gasteiger partial charge in [0.25, 0.3) is 0 Å². The molecule has 22 heavy (non-hydrogen) atoms. The molecule has 0 bridgehead atoms. The van der Waals surface area contributed by atoms with Gasteiger partial charge in [0.05, 0.1) is 6.20 Å². The van der Waals surface area contributed by atoms with Gasteiger partial charge in [-0.3, -0.25) is 9.59 Å². The van der Waals surface area contributed by atoms with Crippen LogP contribution in [0.5, 0.6) is 0 Å². The molecule has 0 saturated carbocycles. The van der Waals surface area contributed by atoms with Gasteiger partial charge in [0.1, 0.15) is 6.54 Å². The molecule has 1 heterocycles. The Morgan fingerprint density at radius 2 is 2.05 bits per heavy atom. The highest BCUT2D eigenvalue weighted by atomic mass is 35.5. The Hall–Kier alpha value is -2.41. The van der Waals surface area contributed by atoms with E-state index in [4.69, 9.17) is 11.6 Å². The molecule has 116 valence electrons. The molecule has 2 rings (SSSR count). The van der Waals surface area contributed by atoms with Gasteiger partial charge in [-0.2, -0.15) is 0 Å². The van der Waals surface area contributed by atoms with E-state index in [2.05, 4.69) is 20.9 Å². The minimum absolute atomic E-state index is 0.0133. The Morgan fingerprint density at radius 3 is 2.77 bits per heavy atom. The lowest BCUT2D eigenvalue weighted by Gasteiger charge is -2.06. The number of benzene rings is 1. The second-order valence-electron chi connectivity index (χ2n) is 4.57. The highest BCUT2D eigenvalue weighted by molar-refractivity contribution is 6.31. The predicted molar refractivity (Wildman–Crippen MR) is 82.2 cm³/mol. The van der Waals surface area contributed by atoms with Gasteiger partial charge in [-0.15, -0.1) is 5.10 Å². The number of carbonyl (C=O) groups is 2. The summed E-state index contributed by atoms with van der Waals surface area (Å²) in [5, 5.41) is 13.5. The molecule has 0 aliphatic heterocycles. The van der Waals surface area contributed by atoms with Crippen LogP contribution in [0.2, 0.25) is 5.02 Å². The Labute approximate surface area is 132 Å². The SMILES string of the molecule is CCC(=O)Nc1cn(CC(=O)NCc2ccccc2Cl)nn1. The molecule has 0 spiro atoms. The van der Waals surface area contributed by atoms with Gasteiger partial charge < -0.3 is 10.6 Å². The minimum atomic E-state index is -0.224. The maximum atomic E-state index is 11.9. The zero-order chi connectivity index (χ0) is 15.9. The molecule has 0 saturated heterocycles. The fourth-order valence-electron chi connectivity index (χ4n) is 1.70. The number of rotatable bonds is 6. The summed E-state index contributed by atoms with van der Waals surface area (Å²) in [6, 6.07) is 7.29. The molecule has 7 nitrogen and oxygen atoms in total. The summed E-state index contributed by atoms with van der Waals surface area (Å²) in [5.41, 5.74) is 0.840. The van der Waals surface area contributed by atoms with Gasteiger partial charge in [-0.25, -0.2) is 4.68 Å². The van der Waals surface area contributed by atoms with Gasteiger partial charge in [0, 0.05) is 18.0 Å². The Morgan fingerprint density at radius 1 is 1.27 bits per heavy atom. The zero-order valence-corrected chi connectivity index (χ0v) is 12.8. The monoisotopic (exact) mass is 321 g/mol. The molecule has 0 unspecified atom stereocenters. The van der Waals surface area contributed by atoms with Crippen LogP contribution in [0.3, 0.4) is 0 Å². The first-order valence-electron chi connectivity index (χ1n) is 6.78. The molecule has 0 radical (unpaired) electrons. The van der Waals surface area contributed by atoms with Crippen LogP contribution in [-0.2, 0) is 22.7 Å². The van der Waals surface area contributed by atoms with Crippen molar-refractivity contribution in [2.45, 2.75) is 26.4 Å². The zero-order valence-electron chi connectivity index (χ0n) is 12.0. The maximum Gasteiger partial charge on any atom is 0.242 e. The number of carbonyl (C=O) groups excluding carboxylic acids is 2. The number of hydrogen-bond donors (Lipinski definition) is 2. The Balaban J connectivity index is 1.85. The number of hydrogen-bond acceptors (Lipinski definition) is 4. The molecule has 0 aliphatic rings. The van der Waals surface area contributed by atoms with Crippen LogP contribution in [0.1, 0.15) is 18.9 Å². The van der Waals surface area contributed by atoms with Crippen molar-refractivity contribution < 1.29 is 9.59 Å². The summed E-state index contributed by atoms with van der Waals surface area (Å²) in [4.78, 5) is 23.1. The fourth-order valence-corrected chi connectivity index (χ4v) is 1.91. The Bertz CT molecular complexity index is 671. The summed E-state index contributed by atoms with van der Waals surface area (Å²) in [6.45, 7) is 2.09. The molecular formula is C14H16ClN5O2. The molecule has 2 amide bonds. The van der Waals surface area contributed by atoms with Crippen LogP contribution in [0.15, 0.2) is 30.5 Å². The lowest BCUT2D eigenvalue weighted by molar-refractivity contribution is -0.122. The average Bonchev–Trinajstić information content (AvgIpc) is 2.93. The van der Waals surface area contributed by atoms with Gasteiger partial charge >= 0.3 is 0 Å². The average molecular weight is 322 g/mol. The number of halogens is 1. The van der Waals surface area contributed by atoms with Crippen LogP contribution in [0.25, 0.3) is 0 Å². The molecule has 8 heteroatoms. The number of anilines is 1. The standard InChI is InChI=1S/C14H16ClN5O2/c1-2-13(21)17-12-8-20(19-18-12)9-14(22)16-7-10-5-3-4-6-11(10)15/h3-6,8H,2,7,9H2,1H3,(H,16,22)(H,17,21). The van der Waals surface area contributed by atoms with Crippen LogP contribution >= 0.6 is 11.6 Å². The van der Waals surface area contributed by atoms with Crippen LogP contribution in [0.4, 0.5) is 5.82 Å². The van der Waals surface area contributed by atoms with Crippen molar-refractivity contribution >= 4 is 29.2 Å². The van der Waals surface area contributed by atoms with E-state index >= 15 is 0 Å². The third-order valence-electron chi connectivity index (χ3n) is 2.87. The van der Waals surface area contributed by atoms with Crippen LogP contribution in [0, 0.1) is 0 Å². The van der Waals surface area contributed by atoms with E-state index in [0.717, 1.165) is 5.56 Å². The van der Waals surface area contributed by atoms with E-state index in [-0.39, 0.29) is 18.4 Å². The van der Waals surface area contributed by atoms with Gasteiger partial charge in [0.2, 0.25) is 11.8 Å². The van der Waals surface area contributed by atoms with Crippen molar-refractivity contribution in [2.24, 2.45) is 0 Å². The summed E-state index contributed by atoms with van der Waals surface area (Å²) in [7, 11) is 0. The molecule has 0 aliphatic carbocycles. The second kappa shape index (κ2) is 7.56. The van der Waals surface area contributed by atoms with Crippen molar-refractivity contribution in [3.63, 3.8) is 0 Å². The van der Waals surface area contributed by atoms with E-state index in [1.165, 1.54) is 10.9 Å². The number of amides is 2. The quantitative estimate of drug-likeness (QED) is 0.845. The normalized spacial score (nSPS) is 10.3. The molecule has 2 aromatic rings. The first kappa shape index (κ1) is 16.0. The molecule has 0 atom stereocenters. The summed E-state index contributed by atoms with van der Waals surface area (Å²) < 4.78 is 1.35. The molecule has 2 N–H and O–H groups in total. The van der Waals surface area contributed by atoms with Gasteiger partial charge in [-0.1, -0.05) is 41.9 Å². The third-order valence-corrected chi connectivity index (χ3v) is 3.24. The van der Waals surface area contributed by atoms with E-state index in [9.17, 15) is 9.59 Å². The molecule has 1 aromatic carbocycles. The maximum absolute atomic E-state index is 11.9. The van der Waals surface area contributed by atoms with Crippen molar-refractivity contribution in [3.05, 3.63) is 41.0 Å². The number of nitrogens with one attached hydrogen (secondary N) is 2. The third kappa shape index (κ3) is 4.56. The first-order chi connectivity index (χ1) is 10.6. The predicted octanol–water partition coefficient (Wildman–Crippen LogP) is 1.60. The van der Waals surface area contributed by atoms with E-state index in [1.54, 1.807) is 13.0 Å². The van der Waals surface area contributed by atoms with Crippen molar-refractivity contribution in [1.82, 2.24) is 20.3 Å². The highest BCUT2D eigenvalue weighted by Gasteiger charge is 2.08. The summed E-state index contributed by atoms with van der Waals surface area (Å²) >= 11 is 6.01. The summed E-state index contributed by atoms with van der Waals surface area (Å²) in [5.74, 6) is -0.0563. The Kier molecular flexibility index (Phi) is 5.48.